The molecule has 0 radical (unpaired) electrons. The standard InChI is InChI=1S/C26H39N3O/c1-26(11-5-4-6-12-26)29(24-20-14-18-13-19(16-20)17-21(24)15-18)25(30)27-22-7-9-23(10-8-22)28(2)3/h7-10,18-21,24H,4-6,11-17H2,1-3H3,(H,27,30). The lowest BCUT2D eigenvalue weighted by Gasteiger charge is -2.60. The smallest absolute Gasteiger partial charge is 0.322 e. The first-order valence-electron chi connectivity index (χ1n) is 12.3. The molecule has 0 unspecified atom stereocenters. The molecule has 0 saturated heterocycles. The molecule has 6 rings (SSSR count). The fraction of sp³-hybridized carbons (Fsp3) is 0.731. The molecule has 164 valence electrons. The van der Waals surface area contributed by atoms with Crippen LogP contribution in [0.4, 0.5) is 16.2 Å². The highest BCUT2D eigenvalue weighted by atomic mass is 16.2. The summed E-state index contributed by atoms with van der Waals surface area (Å²) in [6.45, 7) is 2.38. The fourth-order valence-electron chi connectivity index (χ4n) is 7.64. The van der Waals surface area contributed by atoms with Gasteiger partial charge in [-0.1, -0.05) is 19.3 Å². The minimum absolute atomic E-state index is 0.00590. The summed E-state index contributed by atoms with van der Waals surface area (Å²) >= 11 is 0. The van der Waals surface area contributed by atoms with Crippen molar-refractivity contribution in [2.75, 3.05) is 24.3 Å². The Labute approximate surface area is 182 Å². The second-order valence-corrected chi connectivity index (χ2v) is 11.2. The lowest BCUT2D eigenvalue weighted by Crippen LogP contribution is -2.65. The number of urea groups is 1. The molecule has 5 aliphatic carbocycles. The van der Waals surface area contributed by atoms with Gasteiger partial charge in [0.2, 0.25) is 0 Å². The largest absolute Gasteiger partial charge is 0.378 e. The summed E-state index contributed by atoms with van der Waals surface area (Å²) in [7, 11) is 4.09. The van der Waals surface area contributed by atoms with Gasteiger partial charge in [0.25, 0.3) is 0 Å². The van der Waals surface area contributed by atoms with Crippen molar-refractivity contribution in [1.29, 1.82) is 0 Å². The van der Waals surface area contributed by atoms with Gasteiger partial charge in [0.05, 0.1) is 0 Å². The van der Waals surface area contributed by atoms with Crippen LogP contribution >= 0.6 is 0 Å². The van der Waals surface area contributed by atoms with Gasteiger partial charge in [0, 0.05) is 37.1 Å². The van der Waals surface area contributed by atoms with E-state index in [0.29, 0.717) is 6.04 Å². The molecule has 4 nitrogen and oxygen atoms in total. The van der Waals surface area contributed by atoms with Gasteiger partial charge in [-0.2, -0.15) is 0 Å². The van der Waals surface area contributed by atoms with Gasteiger partial charge in [-0.05, 0) is 99.8 Å². The molecular formula is C26H39N3O. The second-order valence-electron chi connectivity index (χ2n) is 11.2. The molecule has 0 spiro atoms. The molecule has 1 aromatic carbocycles. The third kappa shape index (κ3) is 3.61. The van der Waals surface area contributed by atoms with Gasteiger partial charge < -0.3 is 15.1 Å². The van der Waals surface area contributed by atoms with Crippen LogP contribution < -0.4 is 10.2 Å². The first kappa shape index (κ1) is 20.2. The number of hydrogen-bond donors (Lipinski definition) is 1. The summed E-state index contributed by atoms with van der Waals surface area (Å²) in [5.41, 5.74) is 2.08. The lowest BCUT2D eigenvalue weighted by molar-refractivity contribution is -0.0824. The number of carbonyl (C=O) groups excluding carboxylic acids is 1. The molecule has 0 aromatic heterocycles. The summed E-state index contributed by atoms with van der Waals surface area (Å²) in [6, 6.07) is 8.87. The average Bonchev–Trinajstić information content (AvgIpc) is 2.70. The van der Waals surface area contributed by atoms with E-state index in [-0.39, 0.29) is 11.6 Å². The maximum Gasteiger partial charge on any atom is 0.322 e. The highest BCUT2D eigenvalue weighted by molar-refractivity contribution is 5.90. The van der Waals surface area contributed by atoms with Crippen molar-refractivity contribution >= 4 is 17.4 Å². The summed E-state index contributed by atoms with van der Waals surface area (Å²) in [6.07, 6.45) is 13.0. The molecule has 5 saturated carbocycles. The van der Waals surface area contributed by atoms with Crippen LogP contribution in [0.1, 0.15) is 71.1 Å². The van der Waals surface area contributed by atoms with Crippen LogP contribution in [0, 0.1) is 23.7 Å². The Morgan fingerprint density at radius 2 is 1.47 bits per heavy atom. The van der Waals surface area contributed by atoms with Crippen LogP contribution in [-0.4, -0.2) is 36.6 Å². The van der Waals surface area contributed by atoms with Gasteiger partial charge >= 0.3 is 6.03 Å². The van der Waals surface area contributed by atoms with Crippen LogP contribution in [0.2, 0.25) is 0 Å². The average molecular weight is 410 g/mol. The number of benzene rings is 1. The third-order valence-corrected chi connectivity index (χ3v) is 8.84. The van der Waals surface area contributed by atoms with Gasteiger partial charge in [0.15, 0.2) is 0 Å². The van der Waals surface area contributed by atoms with Gasteiger partial charge in [0.1, 0.15) is 0 Å². The highest BCUT2D eigenvalue weighted by Gasteiger charge is 2.54. The summed E-state index contributed by atoms with van der Waals surface area (Å²) in [5, 5.41) is 3.31. The zero-order valence-corrected chi connectivity index (χ0v) is 19.1. The number of amides is 2. The van der Waals surface area contributed by atoms with E-state index in [0.717, 1.165) is 47.9 Å². The maximum atomic E-state index is 13.9. The zero-order chi connectivity index (χ0) is 20.9. The predicted octanol–water partition coefficient (Wildman–Crippen LogP) is 6.13. The Balaban J connectivity index is 1.42. The molecule has 4 heteroatoms. The van der Waals surface area contributed by atoms with Crippen molar-refractivity contribution < 1.29 is 4.79 Å². The number of nitrogens with zero attached hydrogens (tertiary/aromatic N) is 2. The SMILES string of the molecule is CN(C)c1ccc(NC(=O)N(C2C3CC4CC(C3)CC2C4)C2(C)CCCCC2)cc1. The number of nitrogens with one attached hydrogen (secondary N) is 1. The molecular weight excluding hydrogens is 370 g/mol. The molecule has 30 heavy (non-hydrogen) atoms. The number of hydrogen-bond acceptors (Lipinski definition) is 2. The molecule has 5 aliphatic rings. The van der Waals surface area contributed by atoms with Crippen LogP contribution in [0.15, 0.2) is 24.3 Å². The van der Waals surface area contributed by atoms with Gasteiger partial charge in [-0.15, -0.1) is 0 Å². The minimum Gasteiger partial charge on any atom is -0.378 e. The zero-order valence-electron chi connectivity index (χ0n) is 19.1. The van der Waals surface area contributed by atoms with E-state index in [9.17, 15) is 4.79 Å². The Morgan fingerprint density at radius 1 is 0.900 bits per heavy atom. The Morgan fingerprint density at radius 3 is 2.00 bits per heavy atom. The lowest BCUT2D eigenvalue weighted by atomic mass is 9.53. The number of rotatable bonds is 4. The fourth-order valence-corrected chi connectivity index (χ4v) is 7.64. The predicted molar refractivity (Wildman–Crippen MR) is 124 cm³/mol. The Bertz CT molecular complexity index is 737. The van der Waals surface area contributed by atoms with Crippen molar-refractivity contribution in [3.05, 3.63) is 24.3 Å². The second kappa shape index (κ2) is 7.76. The maximum absolute atomic E-state index is 13.9. The molecule has 1 aromatic rings. The molecule has 4 bridgehead atoms. The molecule has 0 heterocycles. The number of anilines is 2. The molecule has 0 atom stereocenters. The Hall–Kier alpha value is -1.71. The van der Waals surface area contributed by atoms with Gasteiger partial charge in [-0.3, -0.25) is 0 Å². The number of carbonyl (C=O) groups is 1. The normalized spacial score (nSPS) is 33.9. The quantitative estimate of drug-likeness (QED) is 0.649. The summed E-state index contributed by atoms with van der Waals surface area (Å²) < 4.78 is 0. The van der Waals surface area contributed by atoms with E-state index in [1.165, 1.54) is 51.4 Å². The van der Waals surface area contributed by atoms with E-state index in [1.807, 2.05) is 26.2 Å². The van der Waals surface area contributed by atoms with Crippen molar-refractivity contribution in [3.63, 3.8) is 0 Å². The van der Waals surface area contributed by atoms with E-state index in [2.05, 4.69) is 34.2 Å². The van der Waals surface area contributed by atoms with E-state index >= 15 is 0 Å². The highest BCUT2D eigenvalue weighted by Crippen LogP contribution is 2.56. The van der Waals surface area contributed by atoms with Crippen molar-refractivity contribution in [1.82, 2.24) is 4.90 Å². The summed E-state index contributed by atoms with van der Waals surface area (Å²) in [5.74, 6) is 3.32. The van der Waals surface area contributed by atoms with E-state index in [1.54, 1.807) is 0 Å². The van der Waals surface area contributed by atoms with Crippen molar-refractivity contribution in [2.45, 2.75) is 82.7 Å². The topological polar surface area (TPSA) is 35.6 Å². The molecule has 2 amide bonds. The van der Waals surface area contributed by atoms with Crippen LogP contribution in [0.3, 0.4) is 0 Å². The van der Waals surface area contributed by atoms with Crippen LogP contribution in [0.25, 0.3) is 0 Å². The third-order valence-electron chi connectivity index (χ3n) is 8.84. The monoisotopic (exact) mass is 409 g/mol. The van der Waals surface area contributed by atoms with Crippen LogP contribution in [0.5, 0.6) is 0 Å². The first-order chi connectivity index (χ1) is 14.4. The van der Waals surface area contributed by atoms with Crippen molar-refractivity contribution in [2.24, 2.45) is 23.7 Å². The van der Waals surface area contributed by atoms with E-state index in [4.69, 9.17) is 0 Å². The van der Waals surface area contributed by atoms with Crippen molar-refractivity contribution in [3.8, 4) is 0 Å². The molecule has 5 fully saturated rings. The molecule has 1 N–H and O–H groups in total. The summed E-state index contributed by atoms with van der Waals surface area (Å²) in [4.78, 5) is 18.3. The first-order valence-corrected chi connectivity index (χ1v) is 12.3. The van der Waals surface area contributed by atoms with E-state index < -0.39 is 0 Å². The minimum atomic E-state index is 0.00590. The van der Waals surface area contributed by atoms with Crippen LogP contribution in [-0.2, 0) is 0 Å². The van der Waals surface area contributed by atoms with Gasteiger partial charge in [-0.25, -0.2) is 4.79 Å². The molecule has 0 aliphatic heterocycles. The Kier molecular flexibility index (Phi) is 5.23.